The van der Waals surface area contributed by atoms with Gasteiger partial charge in [-0.1, -0.05) is 273 Å². The summed E-state index contributed by atoms with van der Waals surface area (Å²) in [4.78, 5) is 32.0. The van der Waals surface area contributed by atoms with Crippen molar-refractivity contribution >= 4 is 244 Å². The minimum atomic E-state index is 0.647. The second-order valence-electron chi connectivity index (χ2n) is 34.7. The van der Waals surface area contributed by atoms with Crippen molar-refractivity contribution in [1.82, 2.24) is 29.9 Å². The lowest BCUT2D eigenvalue weighted by Gasteiger charge is -2.05. The molecule has 648 valence electrons. The summed E-state index contributed by atoms with van der Waals surface area (Å²) in [7, 11) is 0. The summed E-state index contributed by atoms with van der Waals surface area (Å²) in [5, 5.41) is 10.1. The van der Waals surface area contributed by atoms with Crippen LogP contribution in [0, 0.1) is 0 Å². The first-order chi connectivity index (χ1) is 68.2. The van der Waals surface area contributed by atoms with Crippen LogP contribution in [0.1, 0.15) is 11.1 Å². The van der Waals surface area contributed by atoms with Crippen molar-refractivity contribution in [3.8, 4) is 122 Å². The van der Waals surface area contributed by atoms with E-state index in [4.69, 9.17) is 28.8 Å². The molecule has 9 nitrogen and oxygen atoms in total. The van der Waals surface area contributed by atoms with Gasteiger partial charge in [0.15, 0.2) is 11.2 Å². The molecule has 0 bridgehead atoms. The SMILES string of the molecule is c1ccc2c(c1)CC(c1ccc(-c3ccc4c(c3)sc3c5ccc(-c6ccc(-c7nc8ccccc8[nH]7)cc6)cc5sc43)cc1)=N2.c1ccc2oc(-c3ccc(-c4ccc5c(c4)sc4c6ccc(-c7ccc(-c8nc9ccccc9o8)cc7)cc6sc54)cc3)nc2c1.c1ccc2sc(-c3ccc(-c4ccc5c(c4)sc4c6ccc(-c7ccc(-c8nc9ccccc9s8)cc7)cc6sc54)cc3)nc2c1. The number of hydrogen-bond acceptors (Lipinski definition) is 16. The van der Waals surface area contributed by atoms with Crippen LogP contribution in [0.25, 0.3) is 265 Å². The van der Waals surface area contributed by atoms with E-state index in [1.54, 1.807) is 22.7 Å². The van der Waals surface area contributed by atoms with Crippen molar-refractivity contribution in [3.05, 3.63) is 412 Å². The molecule has 17 heteroatoms. The Morgan fingerprint density at radius 1 is 0.210 bits per heavy atom. The first kappa shape index (κ1) is 80.8. The average molecular weight is 1910 g/mol. The number of benzene rings is 18. The van der Waals surface area contributed by atoms with E-state index >= 15 is 0 Å². The average Bonchev–Trinajstić information content (AvgIpc) is 1.59. The Morgan fingerprint density at radius 2 is 0.500 bits per heavy atom. The lowest BCUT2D eigenvalue weighted by atomic mass is 9.99. The standard InChI is InChI=1S/C41H25N3S2.C40H22N2O2S2.C40H22N2S4/c1-2-6-33-30(5-1)21-36(42-33)26-13-9-24(10-14-26)28-17-19-31-37(22-28)45-40-32-20-18-29(23-38(32)46-39(31)40)25-11-15-27(16-12-25)41-43-34-7-3-4-8-35(34)44-41;1-3-7-33-31(5-1)41-39(43-33)25-13-9-23(10-14-25)27-17-19-29-35(21-27)45-38-30-20-18-28(22-36(30)46-37(29)38)24-11-15-26(16-12-24)40-42-32-6-2-4-8-34(32)44-40;1-3-7-33-31(5-1)41-39(45-33)25-13-9-23(10-14-25)27-17-19-29-35(21-27)43-38-30-20-18-28(22-36(30)44-37(29)38)24-11-15-26(16-12-24)40-42-32-6-2-4-8-34(32)46-40/h1-20,22-23H,21H2,(H,43,44);2*1-22H. The minimum absolute atomic E-state index is 0.647. The monoisotopic (exact) mass is 1910 g/mol. The lowest BCUT2D eigenvalue weighted by molar-refractivity contribution is 0.619. The number of fused-ring (bicyclic) bond motifs is 21. The van der Waals surface area contributed by atoms with Gasteiger partial charge in [-0.3, -0.25) is 4.99 Å². The predicted octanol–water partition coefficient (Wildman–Crippen LogP) is 37.2. The molecule has 0 saturated heterocycles. The zero-order chi connectivity index (χ0) is 90.6. The van der Waals surface area contributed by atoms with E-state index in [2.05, 4.69) is 336 Å². The van der Waals surface area contributed by atoms with Gasteiger partial charge < -0.3 is 13.8 Å². The van der Waals surface area contributed by atoms with Gasteiger partial charge in [-0.25, -0.2) is 24.9 Å². The second kappa shape index (κ2) is 33.1. The molecule has 1 aliphatic rings. The maximum atomic E-state index is 5.97. The number of thiophene rings is 6. The molecule has 138 heavy (non-hydrogen) atoms. The normalized spacial score (nSPS) is 12.2. The van der Waals surface area contributed by atoms with Gasteiger partial charge in [0.25, 0.3) is 0 Å². The number of thiazole rings is 2. The Kier molecular flexibility index (Phi) is 19.4. The topological polar surface area (TPSA) is 119 Å². The van der Waals surface area contributed by atoms with Gasteiger partial charge in [0.1, 0.15) is 26.9 Å². The highest BCUT2D eigenvalue weighted by Gasteiger charge is 2.23. The third-order valence-corrected chi connectivity index (χ3v) is 36.0. The molecule has 12 heterocycles. The van der Waals surface area contributed by atoms with Crippen LogP contribution in [0.3, 0.4) is 0 Å². The Labute approximate surface area is 820 Å². The van der Waals surface area contributed by atoms with E-state index in [0.29, 0.717) is 11.8 Å². The number of nitrogens with one attached hydrogen (secondary N) is 1. The maximum absolute atomic E-state index is 5.97. The largest absolute Gasteiger partial charge is 0.436 e. The number of aliphatic imine (C=N–C) groups is 1. The van der Waals surface area contributed by atoms with Gasteiger partial charge in [-0.2, -0.15) is 0 Å². The predicted molar refractivity (Wildman–Crippen MR) is 591 cm³/mol. The summed E-state index contributed by atoms with van der Waals surface area (Å²) in [5.41, 5.74) is 32.3. The van der Waals surface area contributed by atoms with Crippen LogP contribution in [0.2, 0.25) is 0 Å². The van der Waals surface area contributed by atoms with Crippen LogP contribution in [-0.4, -0.2) is 35.6 Å². The molecule has 0 amide bonds. The number of aromatic nitrogens is 6. The number of imidazole rings is 1. The van der Waals surface area contributed by atoms with Gasteiger partial charge in [0.05, 0.1) is 71.1 Å². The van der Waals surface area contributed by atoms with Gasteiger partial charge >= 0.3 is 0 Å². The molecule has 0 fully saturated rings. The molecule has 29 aromatic rings. The van der Waals surface area contributed by atoms with E-state index in [1.807, 2.05) is 147 Å². The first-order valence-corrected chi connectivity index (χ1v) is 52.1. The van der Waals surface area contributed by atoms with Crippen molar-refractivity contribution < 1.29 is 8.83 Å². The van der Waals surface area contributed by atoms with E-state index in [-0.39, 0.29) is 0 Å². The molecule has 30 rings (SSSR count). The highest BCUT2D eigenvalue weighted by molar-refractivity contribution is 7.38. The summed E-state index contributed by atoms with van der Waals surface area (Å²) in [6.07, 6.45) is 0.901. The van der Waals surface area contributed by atoms with E-state index in [0.717, 1.165) is 106 Å². The second-order valence-corrected chi connectivity index (χ2v) is 43.1. The lowest BCUT2D eigenvalue weighted by Crippen LogP contribution is -1.99. The van der Waals surface area contributed by atoms with Crippen molar-refractivity contribution in [2.45, 2.75) is 6.42 Å². The number of H-pyrrole nitrogens is 1. The molecule has 0 unspecified atom stereocenters. The van der Waals surface area contributed by atoms with Crippen LogP contribution in [0.5, 0.6) is 0 Å². The van der Waals surface area contributed by atoms with Crippen molar-refractivity contribution in [1.29, 1.82) is 0 Å². The molecule has 18 aromatic carbocycles. The molecule has 11 aromatic heterocycles. The van der Waals surface area contributed by atoms with E-state index in [1.165, 1.54) is 176 Å². The third-order valence-electron chi connectivity index (χ3n) is 26.3. The van der Waals surface area contributed by atoms with Crippen LogP contribution in [0.15, 0.2) is 414 Å². The Balaban J connectivity index is 0.000000102. The Bertz CT molecular complexity index is 9020. The first-order valence-electron chi connectivity index (χ1n) is 45.5. The number of hydrogen-bond donors (Lipinski definition) is 1. The summed E-state index contributed by atoms with van der Waals surface area (Å²) in [5.74, 6) is 2.20. The quantitative estimate of drug-likeness (QED) is 0.129. The molecule has 0 aliphatic carbocycles. The van der Waals surface area contributed by atoms with Crippen molar-refractivity contribution in [2.24, 2.45) is 4.99 Å². The fourth-order valence-electron chi connectivity index (χ4n) is 19.1. The molecule has 0 atom stereocenters. The van der Waals surface area contributed by atoms with E-state index in [9.17, 15) is 0 Å². The fourth-order valence-corrected chi connectivity index (χ4v) is 29.3. The zero-order valence-corrected chi connectivity index (χ0v) is 79.6. The molecule has 0 saturated carbocycles. The fraction of sp³-hybridized carbons (Fsp3) is 0.00826. The highest BCUT2D eigenvalue weighted by Crippen LogP contribution is 2.51. The molecule has 1 N–H and O–H groups in total. The van der Waals surface area contributed by atoms with Crippen LogP contribution in [-0.2, 0) is 6.42 Å². The van der Waals surface area contributed by atoms with Crippen molar-refractivity contribution in [3.63, 3.8) is 0 Å². The minimum Gasteiger partial charge on any atom is -0.436 e. The summed E-state index contributed by atoms with van der Waals surface area (Å²) in [6.45, 7) is 0. The van der Waals surface area contributed by atoms with Gasteiger partial charge in [0, 0.05) is 94.8 Å². The third kappa shape index (κ3) is 14.5. The van der Waals surface area contributed by atoms with Gasteiger partial charge in [-0.05, 0) is 205 Å². The number of para-hydroxylation sites is 9. The Morgan fingerprint density at radius 3 is 0.848 bits per heavy atom. The summed E-state index contributed by atoms with van der Waals surface area (Å²) >= 11 is 14.9. The Hall–Kier alpha value is -15.6. The number of nitrogens with zero attached hydrogens (tertiary/aromatic N) is 6. The molecule has 0 spiro atoms. The highest BCUT2D eigenvalue weighted by atomic mass is 32.1. The van der Waals surface area contributed by atoms with Crippen LogP contribution < -0.4 is 0 Å². The number of aromatic amines is 1. The van der Waals surface area contributed by atoms with Gasteiger partial charge in [0.2, 0.25) is 11.8 Å². The van der Waals surface area contributed by atoms with Gasteiger partial charge in [-0.15, -0.1) is 90.7 Å². The molecule has 0 radical (unpaired) electrons. The maximum Gasteiger partial charge on any atom is 0.227 e. The smallest absolute Gasteiger partial charge is 0.227 e. The molecular formula is C121H69N7O2S8. The molecule has 1 aliphatic heterocycles. The van der Waals surface area contributed by atoms with E-state index < -0.39 is 0 Å². The van der Waals surface area contributed by atoms with Crippen molar-refractivity contribution in [2.75, 3.05) is 0 Å². The summed E-state index contributed by atoms with van der Waals surface area (Å²) < 4.78 is 30.6. The zero-order valence-electron chi connectivity index (χ0n) is 73.1. The number of rotatable bonds is 12. The van der Waals surface area contributed by atoms with Crippen LogP contribution >= 0.6 is 90.7 Å². The number of oxazole rings is 2. The molecular weight excluding hydrogens is 1840 g/mol. The summed E-state index contributed by atoms with van der Waals surface area (Å²) in [6, 6.07) is 143. The van der Waals surface area contributed by atoms with Crippen LogP contribution in [0.4, 0.5) is 5.69 Å².